The summed E-state index contributed by atoms with van der Waals surface area (Å²) in [5.41, 5.74) is 1.16. The van der Waals surface area contributed by atoms with Gasteiger partial charge in [-0.1, -0.05) is 17.7 Å². The zero-order chi connectivity index (χ0) is 13.4. The molecule has 0 aliphatic carbocycles. The summed E-state index contributed by atoms with van der Waals surface area (Å²) in [6.45, 7) is 2.80. The minimum absolute atomic E-state index is 0. The molecule has 5 nitrogen and oxygen atoms in total. The van der Waals surface area contributed by atoms with Gasteiger partial charge in [-0.15, -0.1) is 0 Å². The van der Waals surface area contributed by atoms with Gasteiger partial charge in [0.15, 0.2) is 0 Å². The summed E-state index contributed by atoms with van der Waals surface area (Å²) in [7, 11) is 0. The molecular formula is C13H20O5Y. The van der Waals surface area contributed by atoms with E-state index in [2.05, 4.69) is 4.74 Å². The molecule has 1 aliphatic rings. The van der Waals surface area contributed by atoms with Gasteiger partial charge in [0.05, 0.1) is 19.8 Å². The van der Waals surface area contributed by atoms with Crippen LogP contribution in [0.15, 0.2) is 24.3 Å². The molecule has 1 aliphatic heterocycles. The zero-order valence-corrected chi connectivity index (χ0v) is 13.9. The number of epoxide rings is 1. The Morgan fingerprint density at radius 2 is 1.89 bits per heavy atom. The third kappa shape index (κ3) is 9.49. The largest absolute Gasteiger partial charge is 0.491 e. The molecule has 1 fully saturated rings. The van der Waals surface area contributed by atoms with Crippen LogP contribution in [-0.4, -0.2) is 54.0 Å². The molecule has 1 heterocycles. The number of ether oxygens (including phenoxy) is 2. The van der Waals surface area contributed by atoms with Crippen LogP contribution in [0.2, 0.25) is 0 Å². The van der Waals surface area contributed by atoms with Gasteiger partial charge in [-0.05, 0) is 19.1 Å². The summed E-state index contributed by atoms with van der Waals surface area (Å²) >= 11 is 0. The maximum Gasteiger partial charge on any atom is 0.119 e. The molecule has 0 amide bonds. The van der Waals surface area contributed by atoms with Crippen molar-refractivity contribution in [1.29, 1.82) is 0 Å². The van der Waals surface area contributed by atoms with Crippen LogP contribution < -0.4 is 4.74 Å². The van der Waals surface area contributed by atoms with Gasteiger partial charge in [0.25, 0.3) is 0 Å². The van der Waals surface area contributed by atoms with Crippen molar-refractivity contribution in [2.24, 2.45) is 0 Å². The smallest absolute Gasteiger partial charge is 0.119 e. The number of hydrogen-bond donors (Lipinski definition) is 3. The molecule has 19 heavy (non-hydrogen) atoms. The molecule has 3 N–H and O–H groups in total. The van der Waals surface area contributed by atoms with Crippen LogP contribution in [0.4, 0.5) is 0 Å². The summed E-state index contributed by atoms with van der Waals surface area (Å²) in [5, 5.41) is 25.6. The molecule has 2 atom stereocenters. The van der Waals surface area contributed by atoms with Crippen LogP contribution in [-0.2, 0) is 37.4 Å². The van der Waals surface area contributed by atoms with E-state index in [1.165, 1.54) is 0 Å². The van der Waals surface area contributed by atoms with Crippen molar-refractivity contribution >= 4 is 0 Å². The first-order valence-electron chi connectivity index (χ1n) is 5.86. The van der Waals surface area contributed by atoms with Gasteiger partial charge < -0.3 is 24.8 Å². The Bertz CT molecular complexity index is 326. The number of aliphatic hydroxyl groups is 3. The number of aliphatic hydroxyl groups excluding tert-OH is 3. The van der Waals surface area contributed by atoms with Gasteiger partial charge in [0.2, 0.25) is 0 Å². The minimum Gasteiger partial charge on any atom is -0.491 e. The Balaban J connectivity index is 0.000000454. The van der Waals surface area contributed by atoms with Crippen LogP contribution in [0, 0.1) is 6.92 Å². The number of hydrogen-bond acceptors (Lipinski definition) is 5. The van der Waals surface area contributed by atoms with Gasteiger partial charge in [-0.2, -0.15) is 0 Å². The summed E-state index contributed by atoms with van der Waals surface area (Å²) in [6, 6.07) is 7.53. The second-order valence-corrected chi connectivity index (χ2v) is 4.10. The van der Waals surface area contributed by atoms with Crippen molar-refractivity contribution in [2.45, 2.75) is 19.1 Å². The maximum absolute atomic E-state index is 9.00. The van der Waals surface area contributed by atoms with Gasteiger partial charge in [0.1, 0.15) is 24.6 Å². The van der Waals surface area contributed by atoms with Crippen LogP contribution in [0.1, 0.15) is 5.56 Å². The molecule has 0 spiro atoms. The molecule has 1 radical (unpaired) electrons. The van der Waals surface area contributed by atoms with Crippen molar-refractivity contribution in [2.75, 3.05) is 26.4 Å². The molecule has 2 unspecified atom stereocenters. The van der Waals surface area contributed by atoms with Crippen LogP contribution in [0.5, 0.6) is 5.75 Å². The Morgan fingerprint density at radius 1 is 1.32 bits per heavy atom. The van der Waals surface area contributed by atoms with E-state index < -0.39 is 6.10 Å². The molecule has 6 heteroatoms. The molecule has 1 aromatic carbocycles. The zero-order valence-electron chi connectivity index (χ0n) is 11.0. The van der Waals surface area contributed by atoms with Gasteiger partial charge >= 0.3 is 0 Å². The predicted molar refractivity (Wildman–Crippen MR) is 66.6 cm³/mol. The molecule has 0 aromatic heterocycles. The fraction of sp³-hybridized carbons (Fsp3) is 0.538. The first kappa shape index (κ1) is 19.0. The molecular weight excluding hydrogens is 325 g/mol. The van der Waals surface area contributed by atoms with Crippen molar-refractivity contribution in [3.05, 3.63) is 29.8 Å². The first-order chi connectivity index (χ1) is 8.65. The number of aryl methyl sites for hydroxylation is 1. The molecule has 1 saturated heterocycles. The topological polar surface area (TPSA) is 82.5 Å². The van der Waals surface area contributed by atoms with E-state index >= 15 is 0 Å². The molecule has 1 aromatic rings. The van der Waals surface area contributed by atoms with Crippen molar-refractivity contribution in [1.82, 2.24) is 0 Å². The second-order valence-electron chi connectivity index (χ2n) is 4.10. The number of rotatable bonds is 5. The van der Waals surface area contributed by atoms with E-state index in [0.717, 1.165) is 12.2 Å². The predicted octanol–water partition coefficient (Wildman–Crippen LogP) is 0.102. The standard InChI is InChI=1S/C10H14O3.C3H6O2.Y/c1-8-2-4-10(5-3-8)13-7-9(12)6-11;4-1-3-2-5-3;/h2-5,9,11-12H,6-7H2,1H3;3-4H,1-2H2;. The van der Waals surface area contributed by atoms with Crippen LogP contribution in [0.25, 0.3) is 0 Å². The van der Waals surface area contributed by atoms with Crippen LogP contribution in [0.3, 0.4) is 0 Å². The molecule has 0 bridgehead atoms. The van der Waals surface area contributed by atoms with Gasteiger partial charge in [0, 0.05) is 32.7 Å². The Labute approximate surface area is 138 Å². The fourth-order valence-electron chi connectivity index (χ4n) is 1.05. The van der Waals surface area contributed by atoms with Gasteiger partial charge in [-0.3, -0.25) is 0 Å². The fourth-order valence-corrected chi connectivity index (χ4v) is 1.05. The average Bonchev–Trinajstić information content (AvgIpc) is 3.22. The Hall–Kier alpha value is -0.0361. The van der Waals surface area contributed by atoms with Crippen molar-refractivity contribution < 1.29 is 57.5 Å². The monoisotopic (exact) mass is 345 g/mol. The van der Waals surface area contributed by atoms with E-state index in [-0.39, 0.29) is 58.6 Å². The van der Waals surface area contributed by atoms with Gasteiger partial charge in [-0.25, -0.2) is 0 Å². The normalized spacial score (nSPS) is 17.6. The van der Waals surface area contributed by atoms with E-state index in [1.807, 2.05) is 31.2 Å². The molecule has 0 saturated carbocycles. The van der Waals surface area contributed by atoms with E-state index in [9.17, 15) is 0 Å². The Kier molecular flexibility index (Phi) is 10.7. The van der Waals surface area contributed by atoms with E-state index in [4.69, 9.17) is 20.1 Å². The summed E-state index contributed by atoms with van der Waals surface area (Å²) in [5.74, 6) is 0.707. The van der Waals surface area contributed by atoms with E-state index in [0.29, 0.717) is 5.75 Å². The quantitative estimate of drug-likeness (QED) is 0.660. The van der Waals surface area contributed by atoms with Crippen molar-refractivity contribution in [3.63, 3.8) is 0 Å². The first-order valence-corrected chi connectivity index (χ1v) is 5.86. The third-order valence-electron chi connectivity index (χ3n) is 2.28. The summed E-state index contributed by atoms with van der Waals surface area (Å²) < 4.78 is 9.81. The Morgan fingerprint density at radius 3 is 2.26 bits per heavy atom. The maximum atomic E-state index is 9.00. The SMILES string of the molecule is Cc1ccc(OCC(O)CO)cc1.OCC1CO1.[Y]. The number of benzene rings is 1. The average molecular weight is 345 g/mol. The van der Waals surface area contributed by atoms with E-state index in [1.54, 1.807) is 0 Å². The third-order valence-corrected chi connectivity index (χ3v) is 2.28. The molecule has 2 rings (SSSR count). The van der Waals surface area contributed by atoms with Crippen molar-refractivity contribution in [3.8, 4) is 5.75 Å². The summed E-state index contributed by atoms with van der Waals surface area (Å²) in [4.78, 5) is 0. The second kappa shape index (κ2) is 10.7. The molecule has 105 valence electrons. The van der Waals surface area contributed by atoms with Crippen LogP contribution >= 0.6 is 0 Å². The summed E-state index contributed by atoms with van der Waals surface area (Å²) in [6.07, 6.45) is -0.615. The minimum atomic E-state index is -0.804.